The number of likely N-dealkylation sites (tertiary alicyclic amines) is 1. The van der Waals surface area contributed by atoms with Gasteiger partial charge in [-0.2, -0.15) is 0 Å². The summed E-state index contributed by atoms with van der Waals surface area (Å²) in [6, 6.07) is 26.1. The molecule has 0 unspecified atom stereocenters. The molecular weight excluding hydrogens is 412 g/mol. The molecule has 0 aromatic heterocycles. The number of carbonyl (C=O) groups excluding carboxylic acids is 3. The fourth-order valence-electron chi connectivity index (χ4n) is 5.10. The number of amides is 3. The van der Waals surface area contributed by atoms with Gasteiger partial charge in [0.15, 0.2) is 0 Å². The van der Waals surface area contributed by atoms with Crippen LogP contribution in [0.4, 0.5) is 5.69 Å². The van der Waals surface area contributed by atoms with Gasteiger partial charge in [0.2, 0.25) is 17.7 Å². The second-order valence-corrected chi connectivity index (χ2v) is 8.54. The normalized spacial score (nSPS) is 21.9. The molecule has 0 saturated carbocycles. The van der Waals surface area contributed by atoms with Gasteiger partial charge in [-0.1, -0.05) is 91.0 Å². The number of fused-ring (bicyclic) bond motifs is 2. The molecule has 0 radical (unpaired) electrons. The Labute approximate surface area is 192 Å². The molecule has 3 aromatic carbocycles. The van der Waals surface area contributed by atoms with Crippen LogP contribution in [0.3, 0.4) is 0 Å². The lowest BCUT2D eigenvalue weighted by molar-refractivity contribution is -0.140. The van der Waals surface area contributed by atoms with Gasteiger partial charge < -0.3 is 4.90 Å². The maximum absolute atomic E-state index is 14.0. The quantitative estimate of drug-likeness (QED) is 0.572. The van der Waals surface area contributed by atoms with Crippen molar-refractivity contribution < 1.29 is 14.4 Å². The van der Waals surface area contributed by atoms with E-state index in [1.54, 1.807) is 4.90 Å². The van der Waals surface area contributed by atoms with Gasteiger partial charge in [0.05, 0.1) is 12.6 Å². The van der Waals surface area contributed by atoms with Crippen molar-refractivity contribution in [1.29, 1.82) is 0 Å². The average Bonchev–Trinajstić information content (AvgIpc) is 3.25. The van der Waals surface area contributed by atoms with E-state index in [9.17, 15) is 14.4 Å². The Morgan fingerprint density at radius 1 is 0.939 bits per heavy atom. The van der Waals surface area contributed by atoms with Crippen molar-refractivity contribution in [3.8, 4) is 0 Å². The molecule has 3 aromatic rings. The number of benzene rings is 3. The minimum atomic E-state index is -1.14. The second kappa shape index (κ2) is 8.17. The Morgan fingerprint density at radius 3 is 2.27 bits per heavy atom. The van der Waals surface area contributed by atoms with Gasteiger partial charge in [-0.3, -0.25) is 19.3 Å². The molecule has 33 heavy (non-hydrogen) atoms. The van der Waals surface area contributed by atoms with Crippen LogP contribution in [0.1, 0.15) is 30.0 Å². The summed E-state index contributed by atoms with van der Waals surface area (Å²) in [6.07, 6.45) is 3.85. The predicted octanol–water partition coefficient (Wildman–Crippen LogP) is 4.33. The first kappa shape index (κ1) is 20.9. The fourth-order valence-corrected chi connectivity index (χ4v) is 5.10. The van der Waals surface area contributed by atoms with E-state index in [1.807, 2.05) is 97.1 Å². The van der Waals surface area contributed by atoms with E-state index in [1.165, 1.54) is 11.8 Å². The highest BCUT2D eigenvalue weighted by Gasteiger charge is 2.63. The Bertz CT molecular complexity index is 1250. The van der Waals surface area contributed by atoms with Gasteiger partial charge in [0, 0.05) is 19.0 Å². The van der Waals surface area contributed by atoms with Crippen LogP contribution in [0.2, 0.25) is 0 Å². The summed E-state index contributed by atoms with van der Waals surface area (Å²) in [6.45, 7) is 1.72. The first-order valence-electron chi connectivity index (χ1n) is 11.0. The zero-order chi connectivity index (χ0) is 23.0. The van der Waals surface area contributed by atoms with Crippen LogP contribution < -0.4 is 4.90 Å². The summed E-state index contributed by atoms with van der Waals surface area (Å²) in [5.41, 5.74) is 2.14. The smallest absolute Gasteiger partial charge is 0.243 e. The highest BCUT2D eigenvalue weighted by atomic mass is 16.2. The minimum absolute atomic E-state index is 0.0310. The molecule has 0 aliphatic carbocycles. The molecule has 1 spiro atoms. The Hall–Kier alpha value is -3.99. The Morgan fingerprint density at radius 2 is 1.58 bits per heavy atom. The zero-order valence-corrected chi connectivity index (χ0v) is 18.3. The molecule has 2 atom stereocenters. The topological polar surface area (TPSA) is 57.7 Å². The molecule has 2 aliphatic rings. The summed E-state index contributed by atoms with van der Waals surface area (Å²) in [7, 11) is 0. The SMILES string of the molecule is CC(=O)N1c2ccccc2[C@]2(CC(=O)N(Cc3ccccc3)C2=O)[C@@H]1/C=C\c1ccccc1. The summed E-state index contributed by atoms with van der Waals surface area (Å²) >= 11 is 0. The van der Waals surface area contributed by atoms with E-state index in [4.69, 9.17) is 0 Å². The lowest BCUT2D eigenvalue weighted by atomic mass is 9.74. The van der Waals surface area contributed by atoms with Crippen molar-refractivity contribution >= 4 is 29.5 Å². The molecule has 1 saturated heterocycles. The first-order valence-corrected chi connectivity index (χ1v) is 11.0. The predicted molar refractivity (Wildman–Crippen MR) is 127 cm³/mol. The largest absolute Gasteiger partial charge is 0.304 e. The van der Waals surface area contributed by atoms with Gasteiger partial charge in [-0.25, -0.2) is 0 Å². The number of carbonyl (C=O) groups is 3. The van der Waals surface area contributed by atoms with Crippen molar-refractivity contribution in [1.82, 2.24) is 4.90 Å². The van der Waals surface area contributed by atoms with Crippen LogP contribution in [0.25, 0.3) is 6.08 Å². The van der Waals surface area contributed by atoms with Crippen LogP contribution in [-0.4, -0.2) is 28.7 Å². The van der Waals surface area contributed by atoms with Crippen molar-refractivity contribution in [2.45, 2.75) is 31.3 Å². The highest BCUT2D eigenvalue weighted by Crippen LogP contribution is 2.52. The molecule has 5 heteroatoms. The van der Waals surface area contributed by atoms with Crippen LogP contribution >= 0.6 is 0 Å². The van der Waals surface area contributed by atoms with Gasteiger partial charge in [-0.05, 0) is 22.8 Å². The second-order valence-electron chi connectivity index (χ2n) is 8.54. The zero-order valence-electron chi connectivity index (χ0n) is 18.3. The maximum Gasteiger partial charge on any atom is 0.243 e. The van der Waals surface area contributed by atoms with Crippen molar-refractivity contribution in [2.24, 2.45) is 0 Å². The number of imide groups is 1. The number of rotatable bonds is 4. The summed E-state index contributed by atoms with van der Waals surface area (Å²) in [5, 5.41) is 0. The average molecular weight is 437 g/mol. The van der Waals surface area contributed by atoms with E-state index >= 15 is 0 Å². The standard InChI is InChI=1S/C28H24N2O3/c1-20(31)30-24-15-9-8-14-23(24)28(25(30)17-16-21-10-4-2-5-11-21)18-26(32)29(27(28)33)19-22-12-6-3-7-13-22/h2-17,25H,18-19H2,1H3/b17-16-/t25-,28+/m0/s1. The van der Waals surface area contributed by atoms with Crippen LogP contribution in [0.5, 0.6) is 0 Å². The molecule has 164 valence electrons. The third kappa shape index (κ3) is 3.37. The van der Waals surface area contributed by atoms with Crippen molar-refractivity contribution in [3.05, 3.63) is 108 Å². The highest BCUT2D eigenvalue weighted by molar-refractivity contribution is 6.14. The number of anilines is 1. The molecule has 2 heterocycles. The summed E-state index contributed by atoms with van der Waals surface area (Å²) < 4.78 is 0. The molecule has 3 amide bonds. The third-order valence-electron chi connectivity index (χ3n) is 6.58. The Kier molecular flexibility index (Phi) is 5.17. The van der Waals surface area contributed by atoms with E-state index in [-0.39, 0.29) is 30.7 Å². The van der Waals surface area contributed by atoms with Gasteiger partial charge >= 0.3 is 0 Å². The fraction of sp³-hybridized carbons (Fsp3) is 0.179. The van der Waals surface area contributed by atoms with Crippen LogP contribution in [0.15, 0.2) is 91.0 Å². The maximum atomic E-state index is 14.0. The van der Waals surface area contributed by atoms with Crippen molar-refractivity contribution in [3.63, 3.8) is 0 Å². The Balaban J connectivity index is 1.62. The summed E-state index contributed by atoms with van der Waals surface area (Å²) in [4.78, 5) is 43.1. The number of hydrogen-bond donors (Lipinski definition) is 0. The molecular formula is C28H24N2O3. The minimum Gasteiger partial charge on any atom is -0.304 e. The molecule has 0 N–H and O–H groups in total. The van der Waals surface area contributed by atoms with Crippen LogP contribution in [-0.2, 0) is 26.3 Å². The molecule has 5 nitrogen and oxygen atoms in total. The number of hydrogen-bond acceptors (Lipinski definition) is 3. The van der Waals surface area contributed by atoms with Crippen LogP contribution in [0, 0.1) is 0 Å². The van der Waals surface area contributed by atoms with E-state index in [0.717, 1.165) is 16.7 Å². The van der Waals surface area contributed by atoms with Gasteiger partial charge in [0.1, 0.15) is 5.41 Å². The van der Waals surface area contributed by atoms with Gasteiger partial charge in [-0.15, -0.1) is 0 Å². The monoisotopic (exact) mass is 436 g/mol. The lowest BCUT2D eigenvalue weighted by Crippen LogP contribution is -2.50. The molecule has 2 aliphatic heterocycles. The number of nitrogens with zero attached hydrogens (tertiary/aromatic N) is 2. The summed E-state index contributed by atoms with van der Waals surface area (Å²) in [5.74, 6) is -0.638. The van der Waals surface area contributed by atoms with E-state index in [0.29, 0.717) is 5.69 Å². The third-order valence-corrected chi connectivity index (χ3v) is 6.58. The van der Waals surface area contributed by atoms with Crippen molar-refractivity contribution in [2.75, 3.05) is 4.90 Å². The molecule has 5 rings (SSSR count). The first-order chi connectivity index (χ1) is 16.0. The number of para-hydroxylation sites is 1. The molecule has 1 fully saturated rings. The lowest BCUT2D eigenvalue weighted by Gasteiger charge is -2.31. The van der Waals surface area contributed by atoms with E-state index in [2.05, 4.69) is 0 Å². The van der Waals surface area contributed by atoms with Gasteiger partial charge in [0.25, 0.3) is 0 Å². The van der Waals surface area contributed by atoms with E-state index < -0.39 is 11.5 Å². The molecule has 0 bridgehead atoms.